The molecule has 0 fully saturated rings. The number of Topliss-reactive ketones (excluding diaryl/α,β-unsaturated/α-hetero) is 2. The van der Waals surface area contributed by atoms with E-state index in [-0.39, 0.29) is 22.8 Å². The Morgan fingerprint density at radius 3 is 2.42 bits per heavy atom. The fourth-order valence-electron chi connectivity index (χ4n) is 2.64. The van der Waals surface area contributed by atoms with Crippen LogP contribution in [0.4, 0.5) is 0 Å². The zero-order valence-corrected chi connectivity index (χ0v) is 14.0. The van der Waals surface area contributed by atoms with Crippen LogP contribution in [0.5, 0.6) is 5.75 Å². The number of H-pyrrole nitrogens is 1. The third-order valence-corrected chi connectivity index (χ3v) is 3.77. The molecule has 0 saturated carbocycles. The van der Waals surface area contributed by atoms with Crippen LogP contribution in [-0.4, -0.2) is 33.7 Å². The number of aromatic amines is 1. The first-order valence-electron chi connectivity index (χ1n) is 7.46. The number of benzene rings is 1. The van der Waals surface area contributed by atoms with E-state index in [9.17, 15) is 19.5 Å². The molecule has 6 nitrogen and oxygen atoms in total. The molecule has 0 unspecified atom stereocenters. The van der Waals surface area contributed by atoms with Crippen molar-refractivity contribution >= 4 is 17.5 Å². The summed E-state index contributed by atoms with van der Waals surface area (Å²) >= 11 is 0. The molecular weight excluding hydrogens is 310 g/mol. The van der Waals surface area contributed by atoms with Gasteiger partial charge in [-0.25, -0.2) is 4.79 Å². The molecule has 0 aliphatic carbocycles. The zero-order valence-electron chi connectivity index (χ0n) is 14.0. The van der Waals surface area contributed by atoms with Crippen molar-refractivity contribution in [3.8, 4) is 5.75 Å². The van der Waals surface area contributed by atoms with Crippen LogP contribution in [-0.2, 0) is 4.74 Å². The molecule has 0 spiro atoms. The molecule has 6 heteroatoms. The van der Waals surface area contributed by atoms with Gasteiger partial charge in [0, 0.05) is 11.3 Å². The van der Waals surface area contributed by atoms with Crippen molar-refractivity contribution in [3.63, 3.8) is 0 Å². The number of ether oxygens (including phenoxy) is 1. The number of aromatic nitrogens is 1. The standard InChI is InChI=1S/C18H19NO5/c1-9-15(11(3)20)10(2)19-16(9)17(22)12(4)24-18(23)13-6-5-7-14(21)8-13/h5-8,12,19,21H,1-4H3/t12-/m0/s1. The van der Waals surface area contributed by atoms with Crippen LogP contribution < -0.4 is 0 Å². The smallest absolute Gasteiger partial charge is 0.338 e. The van der Waals surface area contributed by atoms with Gasteiger partial charge in [0.25, 0.3) is 0 Å². The Kier molecular flexibility index (Phi) is 4.87. The first kappa shape index (κ1) is 17.5. The minimum atomic E-state index is -1.03. The number of hydrogen-bond acceptors (Lipinski definition) is 5. The lowest BCUT2D eigenvalue weighted by molar-refractivity contribution is 0.0316. The normalized spacial score (nSPS) is 11.8. The van der Waals surface area contributed by atoms with Crippen LogP contribution in [0.25, 0.3) is 0 Å². The number of nitrogens with one attached hydrogen (secondary N) is 1. The summed E-state index contributed by atoms with van der Waals surface area (Å²) in [6, 6.07) is 5.68. The van der Waals surface area contributed by atoms with Crippen molar-refractivity contribution in [2.24, 2.45) is 0 Å². The minimum Gasteiger partial charge on any atom is -0.508 e. The van der Waals surface area contributed by atoms with E-state index in [0.29, 0.717) is 16.8 Å². The molecule has 24 heavy (non-hydrogen) atoms. The number of phenolic OH excluding ortho intramolecular Hbond substituents is 1. The number of carbonyl (C=O) groups is 3. The predicted octanol–water partition coefficient (Wildman–Crippen LogP) is 2.97. The van der Waals surface area contributed by atoms with E-state index < -0.39 is 17.9 Å². The summed E-state index contributed by atoms with van der Waals surface area (Å²) in [5, 5.41) is 9.39. The summed E-state index contributed by atoms with van der Waals surface area (Å²) < 4.78 is 5.17. The van der Waals surface area contributed by atoms with E-state index in [4.69, 9.17) is 4.74 Å². The van der Waals surface area contributed by atoms with Crippen molar-refractivity contribution in [2.45, 2.75) is 33.8 Å². The summed E-state index contributed by atoms with van der Waals surface area (Å²) in [5.74, 6) is -1.33. The molecule has 1 atom stereocenters. The van der Waals surface area contributed by atoms with Crippen LogP contribution in [0.3, 0.4) is 0 Å². The molecule has 1 aromatic carbocycles. The minimum absolute atomic E-state index is 0.0645. The van der Waals surface area contributed by atoms with E-state index >= 15 is 0 Å². The maximum atomic E-state index is 12.5. The molecule has 0 amide bonds. The largest absolute Gasteiger partial charge is 0.508 e. The van der Waals surface area contributed by atoms with E-state index in [1.165, 1.54) is 38.1 Å². The van der Waals surface area contributed by atoms with Gasteiger partial charge >= 0.3 is 5.97 Å². The Labute approximate surface area is 139 Å². The van der Waals surface area contributed by atoms with Crippen LogP contribution in [0.2, 0.25) is 0 Å². The van der Waals surface area contributed by atoms with Crippen LogP contribution in [0, 0.1) is 13.8 Å². The number of esters is 1. The van der Waals surface area contributed by atoms with Crippen molar-refractivity contribution in [2.75, 3.05) is 0 Å². The Bertz CT molecular complexity index is 819. The predicted molar refractivity (Wildman–Crippen MR) is 87.6 cm³/mol. The van der Waals surface area contributed by atoms with Crippen molar-refractivity contribution in [1.82, 2.24) is 4.98 Å². The highest BCUT2D eigenvalue weighted by Crippen LogP contribution is 2.21. The molecule has 2 rings (SSSR count). The fraction of sp³-hybridized carbons (Fsp3) is 0.278. The van der Waals surface area contributed by atoms with E-state index in [2.05, 4.69) is 4.98 Å². The molecular formula is C18H19NO5. The van der Waals surface area contributed by atoms with Crippen molar-refractivity contribution in [1.29, 1.82) is 0 Å². The SMILES string of the molecule is CC(=O)c1c(C)[nH]c(C(=O)[C@H](C)OC(=O)c2cccc(O)c2)c1C. The van der Waals surface area contributed by atoms with Crippen LogP contribution >= 0.6 is 0 Å². The quantitative estimate of drug-likeness (QED) is 0.649. The maximum Gasteiger partial charge on any atom is 0.338 e. The van der Waals surface area contributed by atoms with Crippen LogP contribution in [0.15, 0.2) is 24.3 Å². The molecule has 1 heterocycles. The molecule has 126 valence electrons. The highest BCUT2D eigenvalue weighted by atomic mass is 16.5. The topological polar surface area (TPSA) is 96.5 Å². The second-order valence-corrected chi connectivity index (χ2v) is 5.64. The number of hydrogen-bond donors (Lipinski definition) is 2. The number of carbonyl (C=O) groups excluding carboxylic acids is 3. The number of rotatable bonds is 5. The fourth-order valence-corrected chi connectivity index (χ4v) is 2.64. The van der Waals surface area contributed by atoms with Gasteiger partial charge in [-0.05, 0) is 51.5 Å². The molecule has 0 saturated heterocycles. The van der Waals surface area contributed by atoms with Gasteiger partial charge in [-0.1, -0.05) is 6.07 Å². The molecule has 1 aromatic heterocycles. The lowest BCUT2D eigenvalue weighted by atomic mass is 10.0. The highest BCUT2D eigenvalue weighted by molar-refractivity contribution is 6.05. The van der Waals surface area contributed by atoms with E-state index in [1.54, 1.807) is 13.8 Å². The third-order valence-electron chi connectivity index (χ3n) is 3.77. The van der Waals surface area contributed by atoms with Crippen molar-refractivity contribution < 1.29 is 24.2 Å². The summed E-state index contributed by atoms with van der Waals surface area (Å²) in [5.41, 5.74) is 2.04. The second kappa shape index (κ2) is 6.70. The van der Waals surface area contributed by atoms with Crippen molar-refractivity contribution in [3.05, 3.63) is 52.3 Å². The van der Waals surface area contributed by atoms with Gasteiger partial charge in [-0.2, -0.15) is 0 Å². The van der Waals surface area contributed by atoms with Gasteiger partial charge < -0.3 is 14.8 Å². The second-order valence-electron chi connectivity index (χ2n) is 5.64. The molecule has 2 aromatic rings. The van der Waals surface area contributed by atoms with E-state index in [0.717, 1.165) is 0 Å². The number of aromatic hydroxyl groups is 1. The van der Waals surface area contributed by atoms with Gasteiger partial charge in [0.15, 0.2) is 11.9 Å². The Morgan fingerprint density at radius 2 is 1.88 bits per heavy atom. The Morgan fingerprint density at radius 1 is 1.21 bits per heavy atom. The average Bonchev–Trinajstić information content (AvgIpc) is 2.81. The monoisotopic (exact) mass is 329 g/mol. The zero-order chi connectivity index (χ0) is 18.0. The summed E-state index contributed by atoms with van der Waals surface area (Å²) in [6.07, 6.45) is -1.03. The first-order chi connectivity index (χ1) is 11.2. The molecule has 0 radical (unpaired) electrons. The number of aryl methyl sites for hydroxylation is 1. The highest BCUT2D eigenvalue weighted by Gasteiger charge is 2.26. The Balaban J connectivity index is 2.20. The van der Waals surface area contributed by atoms with Crippen LogP contribution in [0.1, 0.15) is 56.3 Å². The summed E-state index contributed by atoms with van der Waals surface area (Å²) in [6.45, 7) is 6.29. The Hall–Kier alpha value is -2.89. The summed E-state index contributed by atoms with van der Waals surface area (Å²) in [4.78, 5) is 39.1. The van der Waals surface area contributed by atoms with Gasteiger partial charge in [0.2, 0.25) is 5.78 Å². The molecule has 2 N–H and O–H groups in total. The van der Waals surface area contributed by atoms with Gasteiger partial charge in [0.1, 0.15) is 5.75 Å². The average molecular weight is 329 g/mol. The lowest BCUT2D eigenvalue weighted by Gasteiger charge is -2.12. The number of phenols is 1. The maximum absolute atomic E-state index is 12.5. The third kappa shape index (κ3) is 3.37. The number of ketones is 2. The van der Waals surface area contributed by atoms with Gasteiger partial charge in [-0.15, -0.1) is 0 Å². The van der Waals surface area contributed by atoms with Gasteiger partial charge in [-0.3, -0.25) is 9.59 Å². The molecule has 0 aliphatic heterocycles. The van der Waals surface area contributed by atoms with E-state index in [1.807, 2.05) is 0 Å². The summed E-state index contributed by atoms with van der Waals surface area (Å²) in [7, 11) is 0. The first-order valence-corrected chi connectivity index (χ1v) is 7.46. The molecule has 0 bridgehead atoms. The molecule has 0 aliphatic rings. The van der Waals surface area contributed by atoms with Gasteiger partial charge in [0.05, 0.1) is 11.3 Å². The lowest BCUT2D eigenvalue weighted by Crippen LogP contribution is -2.25.